The third-order valence-corrected chi connectivity index (χ3v) is 5.80. The van der Waals surface area contributed by atoms with Crippen LogP contribution in [0.1, 0.15) is 24.2 Å². The third kappa shape index (κ3) is 3.67. The van der Waals surface area contributed by atoms with Crippen LogP contribution in [0.25, 0.3) is 0 Å². The molecule has 1 fully saturated rings. The van der Waals surface area contributed by atoms with Crippen LogP contribution in [0.3, 0.4) is 0 Å². The first-order valence-electron chi connectivity index (χ1n) is 7.28. The number of rotatable bonds is 5. The van der Waals surface area contributed by atoms with Crippen LogP contribution in [0.5, 0.6) is 0 Å². The van der Waals surface area contributed by atoms with Gasteiger partial charge in [0.1, 0.15) is 5.69 Å². The fourth-order valence-electron chi connectivity index (χ4n) is 2.55. The Morgan fingerprint density at radius 1 is 1.26 bits per heavy atom. The van der Waals surface area contributed by atoms with Gasteiger partial charge in [-0.25, -0.2) is 8.42 Å². The second kappa shape index (κ2) is 6.63. The summed E-state index contributed by atoms with van der Waals surface area (Å²) in [6.07, 6.45) is 0. The van der Waals surface area contributed by atoms with Gasteiger partial charge in [-0.2, -0.15) is 4.31 Å². The number of sulfonamides is 1. The Labute approximate surface area is 134 Å². The van der Waals surface area contributed by atoms with Gasteiger partial charge >= 0.3 is 0 Å². The first kappa shape index (κ1) is 17.4. The van der Waals surface area contributed by atoms with Crippen LogP contribution in [0.2, 0.25) is 0 Å². The van der Waals surface area contributed by atoms with Crippen LogP contribution >= 0.6 is 0 Å². The number of hydrogen-bond donors (Lipinski definition) is 0. The number of piperazine rings is 1. The molecule has 1 aliphatic rings. The lowest BCUT2D eigenvalue weighted by Gasteiger charge is -2.34. The van der Waals surface area contributed by atoms with Crippen LogP contribution in [0, 0.1) is 10.1 Å². The highest BCUT2D eigenvalue weighted by Gasteiger charge is 2.28. The smallest absolute Gasteiger partial charge is 0.293 e. The molecule has 0 N–H and O–H groups in total. The molecule has 8 nitrogen and oxygen atoms in total. The van der Waals surface area contributed by atoms with E-state index in [1.54, 1.807) is 24.0 Å². The molecule has 1 aromatic carbocycles. The van der Waals surface area contributed by atoms with E-state index in [4.69, 9.17) is 0 Å². The zero-order valence-electron chi connectivity index (χ0n) is 13.1. The van der Waals surface area contributed by atoms with Crippen molar-refractivity contribution in [2.24, 2.45) is 0 Å². The summed E-state index contributed by atoms with van der Waals surface area (Å²) in [5.41, 5.74) is 0.561. The molecule has 0 saturated carbocycles. The fourth-order valence-corrected chi connectivity index (χ4v) is 3.63. The number of anilines is 1. The summed E-state index contributed by atoms with van der Waals surface area (Å²) in [6, 6.07) is 4.38. The number of nitro groups is 1. The monoisotopic (exact) mass is 341 g/mol. The normalized spacial score (nSPS) is 16.3. The van der Waals surface area contributed by atoms with Crippen LogP contribution < -0.4 is 4.90 Å². The standard InChI is InChI=1S/C14H19N3O5S/c1-3-23(21,22)16-8-6-15(7-9-16)13-5-4-12(11(2)18)10-14(13)17(19)20/h4-5,10H,3,6-9H2,1-2H3. The van der Waals surface area contributed by atoms with Crippen LogP contribution in [-0.2, 0) is 10.0 Å². The van der Waals surface area contributed by atoms with E-state index >= 15 is 0 Å². The number of ketones is 1. The van der Waals surface area contributed by atoms with Crippen molar-refractivity contribution in [1.29, 1.82) is 0 Å². The van der Waals surface area contributed by atoms with E-state index in [1.165, 1.54) is 17.3 Å². The summed E-state index contributed by atoms with van der Waals surface area (Å²) in [7, 11) is -3.24. The second-order valence-electron chi connectivity index (χ2n) is 5.30. The predicted molar refractivity (Wildman–Crippen MR) is 86.3 cm³/mol. The summed E-state index contributed by atoms with van der Waals surface area (Å²) < 4.78 is 25.1. The molecular formula is C14H19N3O5S. The number of Topliss-reactive ketones (excluding diaryl/α,β-unsaturated/α-hetero) is 1. The van der Waals surface area contributed by atoms with Crippen molar-refractivity contribution in [3.63, 3.8) is 0 Å². The van der Waals surface area contributed by atoms with Gasteiger partial charge in [0.25, 0.3) is 5.69 Å². The summed E-state index contributed by atoms with van der Waals surface area (Å²) >= 11 is 0. The lowest BCUT2D eigenvalue weighted by atomic mass is 10.1. The SMILES string of the molecule is CCS(=O)(=O)N1CCN(c2ccc(C(C)=O)cc2[N+](=O)[O-])CC1. The average Bonchev–Trinajstić information content (AvgIpc) is 2.54. The van der Waals surface area contributed by atoms with E-state index in [-0.39, 0.29) is 22.8 Å². The minimum Gasteiger partial charge on any atom is -0.363 e. The molecule has 0 spiro atoms. The molecule has 126 valence electrons. The molecule has 0 aromatic heterocycles. The molecule has 1 heterocycles. The minimum atomic E-state index is -3.24. The molecule has 23 heavy (non-hydrogen) atoms. The maximum Gasteiger partial charge on any atom is 0.293 e. The maximum atomic E-state index is 11.9. The number of carbonyl (C=O) groups excluding carboxylic acids is 1. The molecule has 0 amide bonds. The molecule has 2 rings (SSSR count). The highest BCUT2D eigenvalue weighted by atomic mass is 32.2. The van der Waals surface area contributed by atoms with Crippen LogP contribution in [-0.4, -0.2) is 55.4 Å². The first-order valence-corrected chi connectivity index (χ1v) is 8.89. The zero-order chi connectivity index (χ0) is 17.2. The van der Waals surface area contributed by atoms with Crippen molar-refractivity contribution in [2.75, 3.05) is 36.8 Å². The van der Waals surface area contributed by atoms with E-state index in [2.05, 4.69) is 0 Å². The second-order valence-corrected chi connectivity index (χ2v) is 7.56. The zero-order valence-corrected chi connectivity index (χ0v) is 13.9. The van der Waals surface area contributed by atoms with Gasteiger partial charge in [-0.1, -0.05) is 0 Å². The van der Waals surface area contributed by atoms with Gasteiger partial charge in [-0.3, -0.25) is 14.9 Å². The van der Waals surface area contributed by atoms with Gasteiger partial charge in [0.15, 0.2) is 5.78 Å². The Hall–Kier alpha value is -2.00. The topological polar surface area (TPSA) is 101 Å². The Balaban J connectivity index is 2.24. The number of nitro benzene ring substituents is 1. The van der Waals surface area contributed by atoms with Crippen molar-refractivity contribution >= 4 is 27.2 Å². The van der Waals surface area contributed by atoms with E-state index in [0.717, 1.165) is 0 Å². The molecule has 1 saturated heterocycles. The number of carbonyl (C=O) groups is 1. The molecule has 0 bridgehead atoms. The lowest BCUT2D eigenvalue weighted by Crippen LogP contribution is -2.49. The molecule has 0 radical (unpaired) electrons. The Bertz CT molecular complexity index is 724. The molecule has 0 unspecified atom stereocenters. The Morgan fingerprint density at radius 3 is 2.35 bits per heavy atom. The molecule has 0 aliphatic carbocycles. The average molecular weight is 341 g/mol. The van der Waals surface area contributed by atoms with Crippen LogP contribution in [0.15, 0.2) is 18.2 Å². The van der Waals surface area contributed by atoms with Crippen molar-refractivity contribution in [2.45, 2.75) is 13.8 Å². The van der Waals surface area contributed by atoms with Crippen molar-refractivity contribution in [1.82, 2.24) is 4.31 Å². The van der Waals surface area contributed by atoms with Crippen molar-refractivity contribution in [3.8, 4) is 0 Å². The molecule has 1 aliphatic heterocycles. The lowest BCUT2D eigenvalue weighted by molar-refractivity contribution is -0.384. The van der Waals surface area contributed by atoms with Gasteiger partial charge in [-0.05, 0) is 26.0 Å². The third-order valence-electron chi connectivity index (χ3n) is 3.92. The van der Waals surface area contributed by atoms with Crippen LogP contribution in [0.4, 0.5) is 11.4 Å². The predicted octanol–water partition coefficient (Wildman–Crippen LogP) is 1.27. The highest BCUT2D eigenvalue weighted by Crippen LogP contribution is 2.30. The number of hydrogen-bond acceptors (Lipinski definition) is 6. The first-order chi connectivity index (χ1) is 10.8. The summed E-state index contributed by atoms with van der Waals surface area (Å²) in [5, 5.41) is 11.3. The van der Waals surface area contributed by atoms with Gasteiger partial charge in [-0.15, -0.1) is 0 Å². The van der Waals surface area contributed by atoms with E-state index < -0.39 is 14.9 Å². The van der Waals surface area contributed by atoms with E-state index in [0.29, 0.717) is 31.9 Å². The van der Waals surface area contributed by atoms with E-state index in [1.807, 2.05) is 0 Å². The van der Waals surface area contributed by atoms with Gasteiger partial charge < -0.3 is 4.90 Å². The largest absolute Gasteiger partial charge is 0.363 e. The molecule has 9 heteroatoms. The van der Waals surface area contributed by atoms with Crippen molar-refractivity contribution < 1.29 is 18.1 Å². The summed E-state index contributed by atoms with van der Waals surface area (Å²) in [6.45, 7) is 4.28. The maximum absolute atomic E-state index is 11.9. The highest BCUT2D eigenvalue weighted by molar-refractivity contribution is 7.89. The molecule has 1 aromatic rings. The fraction of sp³-hybridized carbons (Fsp3) is 0.500. The molecule has 0 atom stereocenters. The number of nitrogens with zero attached hydrogens (tertiary/aromatic N) is 3. The molecular weight excluding hydrogens is 322 g/mol. The summed E-state index contributed by atoms with van der Waals surface area (Å²) in [4.78, 5) is 23.9. The van der Waals surface area contributed by atoms with Gasteiger partial charge in [0, 0.05) is 37.8 Å². The Morgan fingerprint density at radius 2 is 1.87 bits per heavy atom. The van der Waals surface area contributed by atoms with Gasteiger partial charge in [0.2, 0.25) is 10.0 Å². The Kier molecular flexibility index (Phi) is 5.00. The van der Waals surface area contributed by atoms with Gasteiger partial charge in [0.05, 0.1) is 10.7 Å². The van der Waals surface area contributed by atoms with E-state index in [9.17, 15) is 23.3 Å². The quantitative estimate of drug-likeness (QED) is 0.454. The minimum absolute atomic E-state index is 0.0421. The van der Waals surface area contributed by atoms with Crippen molar-refractivity contribution in [3.05, 3.63) is 33.9 Å². The number of benzene rings is 1. The summed E-state index contributed by atoms with van der Waals surface area (Å²) in [5.74, 6) is -0.195.